The van der Waals surface area contributed by atoms with Gasteiger partial charge in [-0.2, -0.15) is 0 Å². The van der Waals surface area contributed by atoms with Gasteiger partial charge in [0.1, 0.15) is 0 Å². The molecule has 1 heterocycles. The minimum absolute atomic E-state index is 0.312. The third-order valence-corrected chi connectivity index (χ3v) is 3.74. The van der Waals surface area contributed by atoms with Gasteiger partial charge in [0.15, 0.2) is 0 Å². The molecule has 2 saturated carbocycles. The molecule has 14 heavy (non-hydrogen) atoms. The van der Waals surface area contributed by atoms with Gasteiger partial charge >= 0.3 is 6.03 Å². The van der Waals surface area contributed by atoms with E-state index in [-0.39, 0.29) is 0 Å². The second-order valence-electron chi connectivity index (χ2n) is 4.86. The van der Waals surface area contributed by atoms with Crippen LogP contribution in [0, 0.1) is 5.92 Å². The molecule has 2 aliphatic carbocycles. The maximum atomic E-state index is 12.0. The zero-order valence-electron chi connectivity index (χ0n) is 8.78. The molecule has 0 aromatic rings. The zero-order chi connectivity index (χ0) is 9.71. The highest BCUT2D eigenvalue weighted by atomic mass is 16.2. The molecule has 3 rings (SSSR count). The number of amides is 2. The number of carbonyl (C=O) groups is 1. The van der Waals surface area contributed by atoms with Crippen LogP contribution in [0.4, 0.5) is 4.79 Å². The number of hydrogen-bond acceptors (Lipinski definition) is 1. The Hall–Kier alpha value is -0.730. The summed E-state index contributed by atoms with van der Waals surface area (Å²) in [6, 6.07) is 1.48. The summed E-state index contributed by atoms with van der Waals surface area (Å²) in [5.74, 6) is 0.830. The minimum Gasteiger partial charge on any atom is -0.323 e. The number of nitrogens with zero attached hydrogens (tertiary/aromatic N) is 2. The van der Waals surface area contributed by atoms with Crippen molar-refractivity contribution in [2.24, 2.45) is 5.92 Å². The van der Waals surface area contributed by atoms with Gasteiger partial charge in [0.25, 0.3) is 0 Å². The Morgan fingerprint density at radius 1 is 1.29 bits per heavy atom. The Kier molecular flexibility index (Phi) is 1.76. The Balaban J connectivity index is 1.78. The summed E-state index contributed by atoms with van der Waals surface area (Å²) < 4.78 is 0. The van der Waals surface area contributed by atoms with Crippen molar-refractivity contribution < 1.29 is 4.79 Å². The Bertz CT molecular complexity index is 258. The first-order valence-electron chi connectivity index (χ1n) is 5.88. The molecule has 0 spiro atoms. The average molecular weight is 194 g/mol. The van der Waals surface area contributed by atoms with Crippen molar-refractivity contribution in [3.63, 3.8) is 0 Å². The quantitative estimate of drug-likeness (QED) is 0.670. The monoisotopic (exact) mass is 194 g/mol. The molecular formula is C11H18N2O. The largest absolute Gasteiger partial charge is 0.323 e. The van der Waals surface area contributed by atoms with E-state index in [9.17, 15) is 4.79 Å². The summed E-state index contributed by atoms with van der Waals surface area (Å²) in [4.78, 5) is 16.2. The summed E-state index contributed by atoms with van der Waals surface area (Å²) in [5.41, 5.74) is 0. The minimum atomic E-state index is 0.312. The van der Waals surface area contributed by atoms with E-state index in [2.05, 4.69) is 11.8 Å². The van der Waals surface area contributed by atoms with Crippen molar-refractivity contribution in [1.82, 2.24) is 9.80 Å². The molecule has 3 heteroatoms. The topological polar surface area (TPSA) is 23.6 Å². The zero-order valence-corrected chi connectivity index (χ0v) is 8.78. The molecule has 78 valence electrons. The SMILES string of the molecule is CCN1CC(C2CC2)N(C2CC2)C1=O. The number of urea groups is 1. The maximum absolute atomic E-state index is 12.0. The first kappa shape index (κ1) is 8.57. The fraction of sp³-hybridized carbons (Fsp3) is 0.909. The smallest absolute Gasteiger partial charge is 0.320 e. The molecule has 1 saturated heterocycles. The van der Waals surface area contributed by atoms with Crippen LogP contribution in [-0.4, -0.2) is 41.0 Å². The molecule has 0 aromatic carbocycles. The molecule has 3 aliphatic rings. The van der Waals surface area contributed by atoms with E-state index in [0.29, 0.717) is 18.1 Å². The number of hydrogen-bond donors (Lipinski definition) is 0. The second-order valence-corrected chi connectivity index (χ2v) is 4.86. The van der Waals surface area contributed by atoms with Crippen LogP contribution in [0.2, 0.25) is 0 Å². The van der Waals surface area contributed by atoms with E-state index < -0.39 is 0 Å². The summed E-state index contributed by atoms with van der Waals surface area (Å²) in [7, 11) is 0. The molecule has 1 atom stereocenters. The van der Waals surface area contributed by atoms with Gasteiger partial charge < -0.3 is 9.80 Å². The van der Waals surface area contributed by atoms with E-state index in [1.807, 2.05) is 4.90 Å². The summed E-state index contributed by atoms with van der Waals surface area (Å²) in [6.07, 6.45) is 5.18. The number of carbonyl (C=O) groups excluding carboxylic acids is 1. The predicted octanol–water partition coefficient (Wildman–Crippen LogP) is 1.68. The fourth-order valence-electron chi connectivity index (χ4n) is 2.60. The normalized spacial score (nSPS) is 32.9. The van der Waals surface area contributed by atoms with Crippen LogP contribution in [0.1, 0.15) is 32.6 Å². The number of rotatable bonds is 3. The van der Waals surface area contributed by atoms with Crippen molar-refractivity contribution in [2.75, 3.05) is 13.1 Å². The Labute approximate surface area is 85.1 Å². The van der Waals surface area contributed by atoms with E-state index in [4.69, 9.17) is 0 Å². The molecule has 0 bridgehead atoms. The first-order chi connectivity index (χ1) is 6.81. The number of likely N-dealkylation sites (N-methyl/N-ethyl adjacent to an activating group) is 1. The standard InChI is InChI=1S/C11H18N2O/c1-2-12-7-10(8-3-4-8)13(11(12)14)9-5-6-9/h8-10H,2-7H2,1H3. The third-order valence-electron chi connectivity index (χ3n) is 3.74. The summed E-state index contributed by atoms with van der Waals surface area (Å²) >= 11 is 0. The summed E-state index contributed by atoms with van der Waals surface area (Å²) in [6.45, 7) is 3.96. The lowest BCUT2D eigenvalue weighted by Crippen LogP contribution is -2.37. The molecular weight excluding hydrogens is 176 g/mol. The highest BCUT2D eigenvalue weighted by Gasteiger charge is 2.49. The lowest BCUT2D eigenvalue weighted by molar-refractivity contribution is 0.182. The molecule has 1 aliphatic heterocycles. The van der Waals surface area contributed by atoms with Crippen LogP contribution in [-0.2, 0) is 0 Å². The highest BCUT2D eigenvalue weighted by molar-refractivity contribution is 5.78. The Morgan fingerprint density at radius 3 is 2.50 bits per heavy atom. The summed E-state index contributed by atoms with van der Waals surface area (Å²) in [5, 5.41) is 0. The van der Waals surface area contributed by atoms with Gasteiger partial charge in [0, 0.05) is 19.1 Å². The van der Waals surface area contributed by atoms with Gasteiger partial charge in [-0.25, -0.2) is 4.79 Å². The third kappa shape index (κ3) is 1.22. The molecule has 2 amide bonds. The van der Waals surface area contributed by atoms with Gasteiger partial charge in [-0.1, -0.05) is 0 Å². The van der Waals surface area contributed by atoms with Crippen LogP contribution in [0.5, 0.6) is 0 Å². The molecule has 3 fully saturated rings. The average Bonchev–Trinajstić information content (AvgIpc) is 3.03. The second kappa shape index (κ2) is 2.88. The van der Waals surface area contributed by atoms with Crippen LogP contribution >= 0.6 is 0 Å². The van der Waals surface area contributed by atoms with E-state index in [1.165, 1.54) is 25.7 Å². The molecule has 0 N–H and O–H groups in total. The van der Waals surface area contributed by atoms with E-state index in [1.54, 1.807) is 0 Å². The maximum Gasteiger partial charge on any atom is 0.320 e. The molecule has 3 nitrogen and oxygen atoms in total. The molecule has 1 unspecified atom stereocenters. The first-order valence-corrected chi connectivity index (χ1v) is 5.88. The van der Waals surface area contributed by atoms with Crippen LogP contribution in [0.25, 0.3) is 0 Å². The van der Waals surface area contributed by atoms with Crippen molar-refractivity contribution in [3.8, 4) is 0 Å². The van der Waals surface area contributed by atoms with Crippen molar-refractivity contribution in [2.45, 2.75) is 44.7 Å². The molecule has 0 radical (unpaired) electrons. The Morgan fingerprint density at radius 2 is 2.00 bits per heavy atom. The van der Waals surface area contributed by atoms with Gasteiger partial charge in [0.2, 0.25) is 0 Å². The van der Waals surface area contributed by atoms with Crippen LogP contribution in [0.15, 0.2) is 0 Å². The predicted molar refractivity (Wildman–Crippen MR) is 54.0 cm³/mol. The highest BCUT2D eigenvalue weighted by Crippen LogP contribution is 2.43. The van der Waals surface area contributed by atoms with Crippen molar-refractivity contribution >= 4 is 6.03 Å². The van der Waals surface area contributed by atoms with E-state index >= 15 is 0 Å². The van der Waals surface area contributed by atoms with Crippen LogP contribution < -0.4 is 0 Å². The van der Waals surface area contributed by atoms with Gasteiger partial charge in [-0.15, -0.1) is 0 Å². The fourth-order valence-corrected chi connectivity index (χ4v) is 2.60. The van der Waals surface area contributed by atoms with Gasteiger partial charge in [-0.05, 0) is 38.5 Å². The van der Waals surface area contributed by atoms with Crippen molar-refractivity contribution in [1.29, 1.82) is 0 Å². The molecule has 0 aromatic heterocycles. The van der Waals surface area contributed by atoms with Gasteiger partial charge in [-0.3, -0.25) is 0 Å². The van der Waals surface area contributed by atoms with Crippen LogP contribution in [0.3, 0.4) is 0 Å². The van der Waals surface area contributed by atoms with Gasteiger partial charge in [0.05, 0.1) is 6.04 Å². The lowest BCUT2D eigenvalue weighted by atomic mass is 10.2. The lowest BCUT2D eigenvalue weighted by Gasteiger charge is -2.22. The van der Waals surface area contributed by atoms with Crippen molar-refractivity contribution in [3.05, 3.63) is 0 Å². The van der Waals surface area contributed by atoms with E-state index in [0.717, 1.165) is 19.0 Å².